The van der Waals surface area contributed by atoms with E-state index >= 15 is 0 Å². The van der Waals surface area contributed by atoms with Crippen LogP contribution in [0, 0.1) is 0 Å². The highest BCUT2D eigenvalue weighted by molar-refractivity contribution is 6.37. The molecular formula is C15H11ClN2O2. The number of fused-ring (bicyclic) bond motifs is 1. The Hall–Kier alpha value is -2.33. The minimum atomic E-state index is -0.149. The smallest absolute Gasteiger partial charge is 0.199 e. The fourth-order valence-electron chi connectivity index (χ4n) is 2.17. The van der Waals surface area contributed by atoms with Gasteiger partial charge in [-0.05, 0) is 18.2 Å². The van der Waals surface area contributed by atoms with E-state index < -0.39 is 0 Å². The van der Waals surface area contributed by atoms with E-state index in [-0.39, 0.29) is 5.78 Å². The van der Waals surface area contributed by atoms with Crippen LogP contribution in [0.25, 0.3) is 11.0 Å². The number of ketones is 1. The highest BCUT2D eigenvalue weighted by Crippen LogP contribution is 2.29. The second kappa shape index (κ2) is 4.98. The summed E-state index contributed by atoms with van der Waals surface area (Å²) in [7, 11) is 1.54. The zero-order valence-electron chi connectivity index (χ0n) is 10.7. The van der Waals surface area contributed by atoms with E-state index in [1.165, 1.54) is 7.11 Å². The molecule has 3 rings (SSSR count). The van der Waals surface area contributed by atoms with E-state index in [9.17, 15) is 4.79 Å². The van der Waals surface area contributed by atoms with Crippen molar-refractivity contribution in [2.75, 3.05) is 7.11 Å². The predicted molar refractivity (Wildman–Crippen MR) is 77.5 cm³/mol. The van der Waals surface area contributed by atoms with Crippen molar-refractivity contribution in [1.29, 1.82) is 0 Å². The van der Waals surface area contributed by atoms with E-state index in [1.54, 1.807) is 36.7 Å². The molecule has 0 aliphatic rings. The molecule has 0 radical (unpaired) electrons. The lowest BCUT2D eigenvalue weighted by atomic mass is 10.0. The maximum atomic E-state index is 12.7. The number of hydrogen-bond donors (Lipinski definition) is 1. The molecule has 2 heterocycles. The van der Waals surface area contributed by atoms with Gasteiger partial charge in [-0.1, -0.05) is 23.7 Å². The fourth-order valence-corrected chi connectivity index (χ4v) is 2.42. The first-order chi connectivity index (χ1) is 9.72. The summed E-state index contributed by atoms with van der Waals surface area (Å²) in [5.41, 5.74) is 1.58. The van der Waals surface area contributed by atoms with Gasteiger partial charge in [-0.2, -0.15) is 0 Å². The van der Waals surface area contributed by atoms with Crippen molar-refractivity contribution in [2.24, 2.45) is 0 Å². The molecule has 20 heavy (non-hydrogen) atoms. The summed E-state index contributed by atoms with van der Waals surface area (Å²) in [6, 6.07) is 8.76. The minimum absolute atomic E-state index is 0.149. The molecule has 4 nitrogen and oxygen atoms in total. The quantitative estimate of drug-likeness (QED) is 0.750. The van der Waals surface area contributed by atoms with Gasteiger partial charge in [0.2, 0.25) is 0 Å². The number of methoxy groups -OCH3 is 1. The van der Waals surface area contributed by atoms with E-state index in [0.717, 1.165) is 0 Å². The molecule has 0 bridgehead atoms. The number of carbonyl (C=O) groups excluding carboxylic acids is 1. The lowest BCUT2D eigenvalue weighted by molar-refractivity contribution is 0.103. The molecule has 5 heteroatoms. The number of ether oxygens (including phenoxy) is 1. The van der Waals surface area contributed by atoms with Crippen LogP contribution in [-0.2, 0) is 0 Å². The Bertz CT molecular complexity index is 795. The molecule has 0 unspecified atom stereocenters. The van der Waals surface area contributed by atoms with Gasteiger partial charge in [-0.25, -0.2) is 4.98 Å². The van der Waals surface area contributed by atoms with Crippen LogP contribution in [0.2, 0.25) is 5.02 Å². The van der Waals surface area contributed by atoms with Gasteiger partial charge in [0.25, 0.3) is 0 Å². The number of H-pyrrole nitrogens is 1. The number of para-hydroxylation sites is 1. The zero-order chi connectivity index (χ0) is 14.1. The van der Waals surface area contributed by atoms with Crippen LogP contribution < -0.4 is 4.74 Å². The third-order valence-corrected chi connectivity index (χ3v) is 3.43. The summed E-state index contributed by atoms with van der Waals surface area (Å²) < 4.78 is 5.23. The summed E-state index contributed by atoms with van der Waals surface area (Å²) >= 11 is 6.17. The minimum Gasteiger partial charge on any atom is -0.496 e. The van der Waals surface area contributed by atoms with Crippen molar-refractivity contribution < 1.29 is 9.53 Å². The molecule has 0 saturated heterocycles. The Morgan fingerprint density at radius 1 is 1.25 bits per heavy atom. The monoisotopic (exact) mass is 286 g/mol. The Kier molecular flexibility index (Phi) is 3.16. The third kappa shape index (κ3) is 1.94. The number of carbonyl (C=O) groups is 1. The first-order valence-electron chi connectivity index (χ1n) is 6.01. The highest BCUT2D eigenvalue weighted by atomic mass is 35.5. The summed E-state index contributed by atoms with van der Waals surface area (Å²) in [6.45, 7) is 0. The second-order valence-corrected chi connectivity index (χ2v) is 4.66. The molecule has 0 fully saturated rings. The molecule has 3 aromatic rings. The van der Waals surface area contributed by atoms with Crippen molar-refractivity contribution in [2.45, 2.75) is 0 Å². The normalized spacial score (nSPS) is 10.7. The van der Waals surface area contributed by atoms with E-state index in [4.69, 9.17) is 16.3 Å². The average molecular weight is 287 g/mol. The Morgan fingerprint density at radius 3 is 2.85 bits per heavy atom. The first kappa shape index (κ1) is 12.7. The predicted octanol–water partition coefficient (Wildman–Crippen LogP) is 3.46. The molecule has 2 aromatic heterocycles. The number of hydrogen-bond acceptors (Lipinski definition) is 3. The largest absolute Gasteiger partial charge is 0.496 e. The van der Waals surface area contributed by atoms with Gasteiger partial charge in [0.1, 0.15) is 11.4 Å². The topological polar surface area (TPSA) is 55.0 Å². The van der Waals surface area contributed by atoms with Gasteiger partial charge in [0.05, 0.1) is 23.3 Å². The molecule has 0 aliphatic heterocycles. The lowest BCUT2D eigenvalue weighted by Crippen LogP contribution is -2.03. The van der Waals surface area contributed by atoms with Crippen LogP contribution in [-0.4, -0.2) is 22.9 Å². The summed E-state index contributed by atoms with van der Waals surface area (Å²) in [6.07, 6.45) is 3.22. The summed E-state index contributed by atoms with van der Waals surface area (Å²) in [4.78, 5) is 19.8. The number of aromatic nitrogens is 2. The van der Waals surface area contributed by atoms with Gasteiger partial charge >= 0.3 is 0 Å². The molecule has 1 aromatic carbocycles. The van der Waals surface area contributed by atoms with Crippen LogP contribution >= 0.6 is 11.6 Å². The standard InChI is InChI=1S/C15H11ClN2O2/c1-20-12-5-3-2-4-9(12)14(19)10-8-18-15-13(10)11(16)6-7-17-15/h2-8H,1H3,(H,17,18). The van der Waals surface area contributed by atoms with Crippen LogP contribution in [0.5, 0.6) is 5.75 Å². The fraction of sp³-hybridized carbons (Fsp3) is 0.0667. The number of nitrogens with one attached hydrogen (secondary N) is 1. The van der Waals surface area contributed by atoms with Crippen LogP contribution in [0.1, 0.15) is 15.9 Å². The van der Waals surface area contributed by atoms with E-state index in [2.05, 4.69) is 9.97 Å². The van der Waals surface area contributed by atoms with Crippen LogP contribution in [0.4, 0.5) is 0 Å². The van der Waals surface area contributed by atoms with Crippen LogP contribution in [0.3, 0.4) is 0 Å². The number of halogens is 1. The second-order valence-electron chi connectivity index (χ2n) is 4.25. The SMILES string of the molecule is COc1ccccc1C(=O)c1c[nH]c2nccc(Cl)c12. The molecule has 100 valence electrons. The molecule has 0 spiro atoms. The summed E-state index contributed by atoms with van der Waals surface area (Å²) in [5.74, 6) is 0.385. The Labute approximate surface area is 120 Å². The van der Waals surface area contributed by atoms with Crippen molar-refractivity contribution in [3.05, 3.63) is 58.9 Å². The molecule has 0 aliphatic carbocycles. The van der Waals surface area contributed by atoms with E-state index in [0.29, 0.717) is 32.9 Å². The average Bonchev–Trinajstić information content (AvgIpc) is 2.92. The number of rotatable bonds is 3. The molecule has 1 N–H and O–H groups in total. The highest BCUT2D eigenvalue weighted by Gasteiger charge is 2.19. The van der Waals surface area contributed by atoms with Crippen molar-refractivity contribution in [3.8, 4) is 5.75 Å². The Balaban J connectivity index is 2.18. The molecule has 0 atom stereocenters. The third-order valence-electron chi connectivity index (χ3n) is 3.12. The Morgan fingerprint density at radius 2 is 2.05 bits per heavy atom. The lowest BCUT2D eigenvalue weighted by Gasteiger charge is -2.06. The van der Waals surface area contributed by atoms with Gasteiger partial charge in [0.15, 0.2) is 5.78 Å². The van der Waals surface area contributed by atoms with Gasteiger partial charge in [-0.3, -0.25) is 4.79 Å². The van der Waals surface area contributed by atoms with Gasteiger partial charge in [0, 0.05) is 17.8 Å². The van der Waals surface area contributed by atoms with Crippen molar-refractivity contribution >= 4 is 28.4 Å². The number of nitrogens with zero attached hydrogens (tertiary/aromatic N) is 1. The molecule has 0 saturated carbocycles. The number of pyridine rings is 1. The maximum Gasteiger partial charge on any atom is 0.199 e. The van der Waals surface area contributed by atoms with Gasteiger partial charge in [-0.15, -0.1) is 0 Å². The molecular weight excluding hydrogens is 276 g/mol. The number of aromatic amines is 1. The van der Waals surface area contributed by atoms with E-state index in [1.807, 2.05) is 6.07 Å². The number of benzene rings is 1. The molecule has 0 amide bonds. The van der Waals surface area contributed by atoms with Crippen molar-refractivity contribution in [1.82, 2.24) is 9.97 Å². The van der Waals surface area contributed by atoms with Gasteiger partial charge < -0.3 is 9.72 Å². The van der Waals surface area contributed by atoms with Crippen LogP contribution in [0.15, 0.2) is 42.7 Å². The maximum absolute atomic E-state index is 12.7. The van der Waals surface area contributed by atoms with Crippen molar-refractivity contribution in [3.63, 3.8) is 0 Å². The zero-order valence-corrected chi connectivity index (χ0v) is 11.4. The first-order valence-corrected chi connectivity index (χ1v) is 6.39. The summed E-state index contributed by atoms with van der Waals surface area (Å²) in [5, 5.41) is 1.12.